The first-order valence-corrected chi connectivity index (χ1v) is 28.6. The van der Waals surface area contributed by atoms with Gasteiger partial charge in [-0.05, 0) is 57.8 Å². The van der Waals surface area contributed by atoms with Crippen molar-refractivity contribution >= 4 is 17.9 Å². The van der Waals surface area contributed by atoms with Gasteiger partial charge in [-0.3, -0.25) is 14.4 Å². The highest BCUT2D eigenvalue weighted by atomic mass is 16.6. The number of unbranched alkanes of at least 4 members (excludes halogenated alkanes) is 33. The van der Waals surface area contributed by atoms with E-state index in [1.807, 2.05) is 0 Å². The van der Waals surface area contributed by atoms with Crippen LogP contribution in [0.15, 0.2) is 48.6 Å². The molecule has 384 valence electrons. The van der Waals surface area contributed by atoms with Crippen molar-refractivity contribution < 1.29 is 28.6 Å². The van der Waals surface area contributed by atoms with Gasteiger partial charge in [0.2, 0.25) is 0 Å². The molecule has 0 radical (unpaired) electrons. The van der Waals surface area contributed by atoms with Gasteiger partial charge in [0.15, 0.2) is 6.10 Å². The molecular formula is C60H108O6. The van der Waals surface area contributed by atoms with E-state index in [0.717, 1.165) is 77.0 Å². The van der Waals surface area contributed by atoms with Gasteiger partial charge in [-0.2, -0.15) is 0 Å². The number of hydrogen-bond acceptors (Lipinski definition) is 6. The number of hydrogen-bond donors (Lipinski definition) is 0. The molecule has 6 heteroatoms. The highest BCUT2D eigenvalue weighted by molar-refractivity contribution is 5.71. The second kappa shape index (κ2) is 55.0. The zero-order valence-electron chi connectivity index (χ0n) is 44.0. The van der Waals surface area contributed by atoms with Crippen LogP contribution in [0.4, 0.5) is 0 Å². The van der Waals surface area contributed by atoms with Crippen LogP contribution in [0.5, 0.6) is 0 Å². The number of rotatable bonds is 52. The van der Waals surface area contributed by atoms with Gasteiger partial charge in [-0.25, -0.2) is 0 Å². The monoisotopic (exact) mass is 925 g/mol. The van der Waals surface area contributed by atoms with Gasteiger partial charge in [0.25, 0.3) is 0 Å². The summed E-state index contributed by atoms with van der Waals surface area (Å²) in [4.78, 5) is 37.9. The zero-order chi connectivity index (χ0) is 47.9. The van der Waals surface area contributed by atoms with Gasteiger partial charge < -0.3 is 14.2 Å². The van der Waals surface area contributed by atoms with Crippen LogP contribution in [0, 0.1) is 0 Å². The lowest BCUT2D eigenvalue weighted by molar-refractivity contribution is -0.167. The maximum absolute atomic E-state index is 12.8. The van der Waals surface area contributed by atoms with Crippen LogP contribution in [-0.4, -0.2) is 37.2 Å². The second-order valence-corrected chi connectivity index (χ2v) is 19.2. The molecule has 0 aromatic rings. The summed E-state index contributed by atoms with van der Waals surface area (Å²) in [5.41, 5.74) is 0. The van der Waals surface area contributed by atoms with E-state index in [0.29, 0.717) is 19.3 Å². The SMILES string of the molecule is CC/C=C\C/C=C\C/C=C\C/C=C\CCCCC(=O)OC(COC(=O)CCCCCCCCCC)COC(=O)CCCCCCCCCCCCCCCCCCCCCCCCCCC. The van der Waals surface area contributed by atoms with Crippen molar-refractivity contribution in [2.45, 2.75) is 303 Å². The van der Waals surface area contributed by atoms with Crippen LogP contribution in [0.3, 0.4) is 0 Å². The first-order chi connectivity index (χ1) is 32.5. The minimum atomic E-state index is -0.789. The van der Waals surface area contributed by atoms with E-state index in [1.54, 1.807) is 0 Å². The molecule has 0 aliphatic rings. The van der Waals surface area contributed by atoms with Crippen LogP contribution in [0.2, 0.25) is 0 Å². The molecule has 0 saturated heterocycles. The van der Waals surface area contributed by atoms with Crippen LogP contribution >= 0.6 is 0 Å². The van der Waals surface area contributed by atoms with Crippen molar-refractivity contribution in [1.82, 2.24) is 0 Å². The average Bonchev–Trinajstić information content (AvgIpc) is 3.31. The van der Waals surface area contributed by atoms with Gasteiger partial charge in [0, 0.05) is 19.3 Å². The minimum Gasteiger partial charge on any atom is -0.462 e. The molecule has 0 aliphatic carbocycles. The first-order valence-electron chi connectivity index (χ1n) is 28.6. The lowest BCUT2D eigenvalue weighted by atomic mass is 10.0. The van der Waals surface area contributed by atoms with Crippen LogP contribution < -0.4 is 0 Å². The summed E-state index contributed by atoms with van der Waals surface area (Å²) in [6.45, 7) is 6.49. The third kappa shape index (κ3) is 52.3. The Labute approximate surface area is 409 Å². The fourth-order valence-corrected chi connectivity index (χ4v) is 8.32. The third-order valence-electron chi connectivity index (χ3n) is 12.6. The fraction of sp³-hybridized carbons (Fsp3) is 0.817. The van der Waals surface area contributed by atoms with E-state index in [2.05, 4.69) is 69.4 Å². The predicted octanol–water partition coefficient (Wildman–Crippen LogP) is 19.0. The van der Waals surface area contributed by atoms with Crippen molar-refractivity contribution in [1.29, 1.82) is 0 Å². The summed E-state index contributed by atoms with van der Waals surface area (Å²) in [5, 5.41) is 0. The molecule has 0 aliphatic heterocycles. The fourth-order valence-electron chi connectivity index (χ4n) is 8.32. The molecule has 0 aromatic carbocycles. The van der Waals surface area contributed by atoms with Crippen LogP contribution in [-0.2, 0) is 28.6 Å². The molecule has 0 bridgehead atoms. The quantitative estimate of drug-likeness (QED) is 0.0262. The molecule has 66 heavy (non-hydrogen) atoms. The number of allylic oxidation sites excluding steroid dienone is 8. The molecule has 0 saturated carbocycles. The van der Waals surface area contributed by atoms with Gasteiger partial charge in [0.05, 0.1) is 0 Å². The molecule has 0 spiro atoms. The standard InChI is InChI=1S/C60H108O6/c1-4-7-10-13-16-19-21-23-25-26-27-28-29-30-31-32-33-34-36-37-39-41-44-47-50-53-59(62)65-56-57(55-64-58(61)52-49-46-43-18-15-12-9-6-3)66-60(63)54-51-48-45-42-40-38-35-24-22-20-17-14-11-8-5-2/h8,11,17,20,24,35,40,42,57H,4-7,9-10,12-16,18-19,21-23,25-34,36-39,41,43-56H2,1-3H3/b11-8-,20-17-,35-24-,42-40-. The molecular weight excluding hydrogens is 817 g/mol. The van der Waals surface area contributed by atoms with E-state index in [1.165, 1.54) is 173 Å². The van der Waals surface area contributed by atoms with E-state index in [-0.39, 0.29) is 37.5 Å². The molecule has 0 heterocycles. The average molecular weight is 926 g/mol. The van der Waals surface area contributed by atoms with E-state index in [9.17, 15) is 14.4 Å². The van der Waals surface area contributed by atoms with Crippen LogP contribution in [0.25, 0.3) is 0 Å². The Hall–Kier alpha value is -2.63. The van der Waals surface area contributed by atoms with Crippen molar-refractivity contribution in [2.24, 2.45) is 0 Å². The number of carbonyl (C=O) groups excluding carboxylic acids is 3. The third-order valence-corrected chi connectivity index (χ3v) is 12.6. The number of esters is 3. The topological polar surface area (TPSA) is 78.9 Å². The smallest absolute Gasteiger partial charge is 0.306 e. The summed E-state index contributed by atoms with van der Waals surface area (Å²) in [7, 11) is 0. The van der Waals surface area contributed by atoms with E-state index in [4.69, 9.17) is 14.2 Å². The molecule has 1 atom stereocenters. The molecule has 0 aromatic heterocycles. The van der Waals surface area contributed by atoms with Crippen LogP contribution in [0.1, 0.15) is 297 Å². The summed E-state index contributed by atoms with van der Waals surface area (Å²) in [6.07, 6.45) is 67.1. The number of ether oxygens (including phenoxy) is 3. The summed E-state index contributed by atoms with van der Waals surface area (Å²) < 4.78 is 16.8. The maximum Gasteiger partial charge on any atom is 0.306 e. The summed E-state index contributed by atoms with van der Waals surface area (Å²) in [6, 6.07) is 0. The largest absolute Gasteiger partial charge is 0.462 e. The molecule has 0 N–H and O–H groups in total. The van der Waals surface area contributed by atoms with Crippen molar-refractivity contribution in [3.05, 3.63) is 48.6 Å². The normalized spacial score (nSPS) is 12.3. The molecule has 1 unspecified atom stereocenters. The Morgan fingerprint density at radius 1 is 0.318 bits per heavy atom. The molecule has 0 rings (SSSR count). The lowest BCUT2D eigenvalue weighted by Gasteiger charge is -2.18. The summed E-state index contributed by atoms with van der Waals surface area (Å²) >= 11 is 0. The molecule has 6 nitrogen and oxygen atoms in total. The van der Waals surface area contributed by atoms with Gasteiger partial charge in [-0.15, -0.1) is 0 Å². The minimum absolute atomic E-state index is 0.0863. The Morgan fingerprint density at radius 2 is 0.591 bits per heavy atom. The Bertz CT molecular complexity index is 1150. The van der Waals surface area contributed by atoms with Gasteiger partial charge in [-0.1, -0.05) is 268 Å². The molecule has 0 amide bonds. The van der Waals surface area contributed by atoms with Crippen molar-refractivity contribution in [3.63, 3.8) is 0 Å². The lowest BCUT2D eigenvalue weighted by Crippen LogP contribution is -2.30. The Morgan fingerprint density at radius 3 is 0.924 bits per heavy atom. The second-order valence-electron chi connectivity index (χ2n) is 19.2. The van der Waals surface area contributed by atoms with Crippen molar-refractivity contribution in [2.75, 3.05) is 13.2 Å². The number of carbonyl (C=O) groups is 3. The highest BCUT2D eigenvalue weighted by Crippen LogP contribution is 2.17. The Balaban J connectivity index is 4.16. The highest BCUT2D eigenvalue weighted by Gasteiger charge is 2.19. The van der Waals surface area contributed by atoms with E-state index < -0.39 is 6.10 Å². The Kier molecular flexibility index (Phi) is 52.8. The van der Waals surface area contributed by atoms with E-state index >= 15 is 0 Å². The predicted molar refractivity (Wildman–Crippen MR) is 284 cm³/mol. The van der Waals surface area contributed by atoms with Gasteiger partial charge in [0.1, 0.15) is 13.2 Å². The molecule has 0 fully saturated rings. The summed E-state index contributed by atoms with van der Waals surface area (Å²) in [5.74, 6) is -0.921. The zero-order valence-corrected chi connectivity index (χ0v) is 44.0. The van der Waals surface area contributed by atoms with Gasteiger partial charge >= 0.3 is 17.9 Å². The maximum atomic E-state index is 12.8. The first kappa shape index (κ1) is 63.4. The van der Waals surface area contributed by atoms with Crippen molar-refractivity contribution in [3.8, 4) is 0 Å².